The molecule has 7 heteroatoms. The third-order valence-electron chi connectivity index (χ3n) is 4.20. The molecule has 120 valence electrons. The number of nitrogens with two attached hydrogens (primary N) is 1. The highest BCUT2D eigenvalue weighted by Crippen LogP contribution is 2.40. The Morgan fingerprint density at radius 2 is 1.96 bits per heavy atom. The zero-order valence-corrected chi connectivity index (χ0v) is 13.3. The highest BCUT2D eigenvalue weighted by Gasteiger charge is 2.29. The maximum atomic E-state index is 6.02. The molecule has 6 nitrogen and oxygen atoms in total. The first-order valence-electron chi connectivity index (χ1n) is 7.67. The summed E-state index contributed by atoms with van der Waals surface area (Å²) in [6.45, 7) is 2.09. The van der Waals surface area contributed by atoms with Gasteiger partial charge in [-0.05, 0) is 30.5 Å². The van der Waals surface area contributed by atoms with Crippen LogP contribution in [0.1, 0.15) is 24.4 Å². The lowest BCUT2D eigenvalue weighted by atomic mass is 10.0. The lowest BCUT2D eigenvalue weighted by molar-refractivity contribution is 0.171. The molecule has 2 aliphatic rings. The largest absolute Gasteiger partial charge is 0.486 e. The molecule has 0 saturated carbocycles. The van der Waals surface area contributed by atoms with Gasteiger partial charge >= 0.3 is 0 Å². The Bertz CT molecular complexity index is 720. The smallest absolute Gasteiger partial charge is 0.223 e. The van der Waals surface area contributed by atoms with Crippen molar-refractivity contribution in [3.05, 3.63) is 35.0 Å². The Labute approximate surface area is 139 Å². The van der Waals surface area contributed by atoms with Crippen molar-refractivity contribution in [3.63, 3.8) is 0 Å². The first kappa shape index (κ1) is 14.4. The Morgan fingerprint density at radius 3 is 2.78 bits per heavy atom. The van der Waals surface area contributed by atoms with Gasteiger partial charge in [-0.3, -0.25) is 0 Å². The van der Waals surface area contributed by atoms with Crippen LogP contribution in [0, 0.1) is 0 Å². The van der Waals surface area contributed by atoms with Crippen LogP contribution in [0.25, 0.3) is 0 Å². The Morgan fingerprint density at radius 1 is 1.13 bits per heavy atom. The molecule has 0 unspecified atom stereocenters. The van der Waals surface area contributed by atoms with Gasteiger partial charge in [-0.25, -0.2) is 4.98 Å². The number of rotatable bonds is 2. The molecule has 4 rings (SSSR count). The van der Waals surface area contributed by atoms with Crippen LogP contribution in [0.3, 0.4) is 0 Å². The molecule has 23 heavy (non-hydrogen) atoms. The van der Waals surface area contributed by atoms with Gasteiger partial charge in [0, 0.05) is 12.6 Å². The SMILES string of the molecule is Nc1nc(Cl)cc(N2CCC[C@H]2c2ccc3c(c2)OCCO3)n1. The lowest BCUT2D eigenvalue weighted by Crippen LogP contribution is -2.24. The van der Waals surface area contributed by atoms with Crippen LogP contribution in [0.2, 0.25) is 5.15 Å². The second kappa shape index (κ2) is 5.77. The van der Waals surface area contributed by atoms with Gasteiger partial charge in [0.25, 0.3) is 0 Å². The maximum Gasteiger partial charge on any atom is 0.223 e. The summed E-state index contributed by atoms with van der Waals surface area (Å²) < 4.78 is 11.3. The normalized spacial score (nSPS) is 19.9. The summed E-state index contributed by atoms with van der Waals surface area (Å²) in [7, 11) is 0. The molecule has 2 aliphatic heterocycles. The Hall–Kier alpha value is -2.21. The van der Waals surface area contributed by atoms with Gasteiger partial charge in [0.15, 0.2) is 11.5 Å². The average molecular weight is 333 g/mol. The summed E-state index contributed by atoms with van der Waals surface area (Å²) in [4.78, 5) is 10.5. The maximum absolute atomic E-state index is 6.02. The zero-order chi connectivity index (χ0) is 15.8. The number of anilines is 2. The number of aromatic nitrogens is 2. The number of benzene rings is 1. The van der Waals surface area contributed by atoms with E-state index in [-0.39, 0.29) is 12.0 Å². The minimum atomic E-state index is 0.195. The second-order valence-corrected chi connectivity index (χ2v) is 6.05. The molecule has 0 bridgehead atoms. The Kier molecular flexibility index (Phi) is 3.61. The number of hydrogen-bond donors (Lipinski definition) is 1. The van der Waals surface area contributed by atoms with Crippen LogP contribution in [-0.4, -0.2) is 29.7 Å². The molecule has 1 aromatic heterocycles. The molecule has 2 aromatic rings. The van der Waals surface area contributed by atoms with Crippen molar-refractivity contribution in [2.24, 2.45) is 0 Å². The highest BCUT2D eigenvalue weighted by molar-refractivity contribution is 6.29. The topological polar surface area (TPSA) is 73.5 Å². The van der Waals surface area contributed by atoms with E-state index in [4.69, 9.17) is 26.8 Å². The predicted molar refractivity (Wildman–Crippen MR) is 88.2 cm³/mol. The number of fused-ring (bicyclic) bond motifs is 1. The average Bonchev–Trinajstić information content (AvgIpc) is 3.03. The molecular weight excluding hydrogens is 316 g/mol. The fourth-order valence-corrected chi connectivity index (χ4v) is 3.41. The summed E-state index contributed by atoms with van der Waals surface area (Å²) in [5.41, 5.74) is 6.91. The second-order valence-electron chi connectivity index (χ2n) is 5.66. The van der Waals surface area contributed by atoms with Crippen LogP contribution in [0.15, 0.2) is 24.3 Å². The van der Waals surface area contributed by atoms with Crippen LogP contribution >= 0.6 is 11.6 Å². The first-order chi connectivity index (χ1) is 11.2. The number of hydrogen-bond acceptors (Lipinski definition) is 6. The predicted octanol–water partition coefficient (Wildman–Crippen LogP) is 2.82. The van der Waals surface area contributed by atoms with E-state index in [0.29, 0.717) is 18.4 Å². The van der Waals surface area contributed by atoms with E-state index < -0.39 is 0 Å². The number of halogens is 1. The van der Waals surface area contributed by atoms with Crippen molar-refractivity contribution in [1.29, 1.82) is 0 Å². The Balaban J connectivity index is 1.67. The van der Waals surface area contributed by atoms with Crippen molar-refractivity contribution in [1.82, 2.24) is 9.97 Å². The zero-order valence-electron chi connectivity index (χ0n) is 12.5. The molecule has 1 fully saturated rings. The molecular formula is C16H17ClN4O2. The third kappa shape index (κ3) is 2.74. The lowest BCUT2D eigenvalue weighted by Gasteiger charge is -2.27. The molecule has 0 amide bonds. The van der Waals surface area contributed by atoms with Crippen LogP contribution < -0.4 is 20.1 Å². The quantitative estimate of drug-likeness (QED) is 0.852. The molecule has 0 aliphatic carbocycles. The van der Waals surface area contributed by atoms with E-state index in [1.807, 2.05) is 6.07 Å². The van der Waals surface area contributed by atoms with Crippen LogP contribution in [-0.2, 0) is 0 Å². The van der Waals surface area contributed by atoms with E-state index in [1.165, 1.54) is 5.56 Å². The summed E-state index contributed by atoms with van der Waals surface area (Å²) in [5.74, 6) is 2.57. The summed E-state index contributed by atoms with van der Waals surface area (Å²) in [5, 5.41) is 0.361. The molecule has 1 atom stereocenters. The van der Waals surface area contributed by atoms with Gasteiger partial charge in [-0.2, -0.15) is 4.98 Å². The number of nitrogens with zero attached hydrogens (tertiary/aromatic N) is 3. The molecule has 1 aromatic carbocycles. The van der Waals surface area contributed by atoms with E-state index in [1.54, 1.807) is 6.07 Å². The van der Waals surface area contributed by atoms with Gasteiger partial charge in [0.2, 0.25) is 5.95 Å². The molecule has 2 N–H and O–H groups in total. The van der Waals surface area contributed by atoms with Gasteiger partial charge in [0.1, 0.15) is 24.2 Å². The minimum absolute atomic E-state index is 0.195. The number of nitrogen functional groups attached to an aromatic ring is 1. The van der Waals surface area contributed by atoms with Crippen molar-refractivity contribution < 1.29 is 9.47 Å². The fraction of sp³-hybridized carbons (Fsp3) is 0.375. The minimum Gasteiger partial charge on any atom is -0.486 e. The van der Waals surface area contributed by atoms with Gasteiger partial charge in [-0.1, -0.05) is 17.7 Å². The summed E-state index contributed by atoms with van der Waals surface area (Å²) in [6, 6.07) is 8.10. The first-order valence-corrected chi connectivity index (χ1v) is 8.05. The van der Waals surface area contributed by atoms with Gasteiger partial charge in [-0.15, -0.1) is 0 Å². The monoisotopic (exact) mass is 332 g/mol. The van der Waals surface area contributed by atoms with Gasteiger partial charge < -0.3 is 20.1 Å². The van der Waals surface area contributed by atoms with E-state index in [2.05, 4.69) is 27.0 Å². The number of ether oxygens (including phenoxy) is 2. The third-order valence-corrected chi connectivity index (χ3v) is 4.39. The highest BCUT2D eigenvalue weighted by atomic mass is 35.5. The fourth-order valence-electron chi connectivity index (χ4n) is 3.22. The van der Waals surface area contributed by atoms with Crippen molar-refractivity contribution in [3.8, 4) is 11.5 Å². The molecule has 3 heterocycles. The van der Waals surface area contributed by atoms with Crippen molar-refractivity contribution in [2.75, 3.05) is 30.4 Å². The van der Waals surface area contributed by atoms with Gasteiger partial charge in [0.05, 0.1) is 6.04 Å². The van der Waals surface area contributed by atoms with Crippen LogP contribution in [0.5, 0.6) is 11.5 Å². The van der Waals surface area contributed by atoms with Crippen LogP contribution in [0.4, 0.5) is 11.8 Å². The van der Waals surface area contributed by atoms with E-state index in [0.717, 1.165) is 36.7 Å². The standard InChI is InChI=1S/C16H17ClN4O2/c17-14-9-15(20-16(18)19-14)21-5-1-2-11(21)10-3-4-12-13(8-10)23-7-6-22-12/h3-4,8-9,11H,1-2,5-7H2,(H2,18,19,20)/t11-/m0/s1. The van der Waals surface area contributed by atoms with Crippen molar-refractivity contribution in [2.45, 2.75) is 18.9 Å². The molecule has 0 radical (unpaired) electrons. The molecule has 0 spiro atoms. The summed E-state index contributed by atoms with van der Waals surface area (Å²) in [6.07, 6.45) is 2.13. The van der Waals surface area contributed by atoms with E-state index >= 15 is 0 Å². The van der Waals surface area contributed by atoms with Crippen molar-refractivity contribution >= 4 is 23.4 Å². The molecule has 1 saturated heterocycles. The summed E-state index contributed by atoms with van der Waals surface area (Å²) >= 11 is 6.02. The van der Waals surface area contributed by atoms with E-state index in [9.17, 15) is 0 Å².